The van der Waals surface area contributed by atoms with Crippen molar-refractivity contribution in [2.45, 2.75) is 18.9 Å². The lowest BCUT2D eigenvalue weighted by Crippen LogP contribution is -2.48. The van der Waals surface area contributed by atoms with E-state index < -0.39 is 0 Å². The molecule has 3 aromatic heterocycles. The van der Waals surface area contributed by atoms with Crippen LogP contribution in [0.5, 0.6) is 0 Å². The van der Waals surface area contributed by atoms with E-state index in [0.717, 1.165) is 31.7 Å². The number of rotatable bonds is 3. The van der Waals surface area contributed by atoms with Crippen molar-refractivity contribution in [3.05, 3.63) is 42.5 Å². The zero-order chi connectivity index (χ0) is 16.4. The molecule has 0 bridgehead atoms. The molecule has 0 radical (unpaired) electrons. The van der Waals surface area contributed by atoms with Gasteiger partial charge in [-0.25, -0.2) is 4.98 Å². The van der Waals surface area contributed by atoms with Gasteiger partial charge in [0, 0.05) is 37.7 Å². The zero-order valence-corrected chi connectivity index (χ0v) is 12.9. The highest BCUT2D eigenvalue weighted by Crippen LogP contribution is 2.17. The maximum atomic E-state index is 12.5. The summed E-state index contributed by atoms with van der Waals surface area (Å²) in [6.45, 7) is 1.64. The number of fused-ring (bicyclic) bond motifs is 1. The number of carbonyl (C=O) groups excluding carboxylic acids is 1. The van der Waals surface area contributed by atoms with Crippen molar-refractivity contribution in [3.63, 3.8) is 0 Å². The molecule has 1 atom stereocenters. The number of hydrogen-bond donors (Lipinski definition) is 1. The Balaban J connectivity index is 1.45. The standard InChI is InChI=1S/C15H16N8O/c24-15(11-3-4-13-19-20-21-23(13)9-11)18-12-2-1-7-22(10-12)14-8-16-5-6-17-14/h3-6,8-9,12H,1-2,7,10H2,(H,18,24)/t12-/m1/s1. The van der Waals surface area contributed by atoms with E-state index in [1.165, 1.54) is 4.52 Å². The summed E-state index contributed by atoms with van der Waals surface area (Å²) >= 11 is 0. The number of pyridine rings is 1. The van der Waals surface area contributed by atoms with Crippen LogP contribution in [0.15, 0.2) is 36.9 Å². The second-order valence-corrected chi connectivity index (χ2v) is 5.72. The monoisotopic (exact) mass is 324 g/mol. The average Bonchev–Trinajstić information content (AvgIpc) is 3.10. The van der Waals surface area contributed by atoms with Crippen LogP contribution in [0.3, 0.4) is 0 Å². The Morgan fingerprint density at radius 1 is 1.29 bits per heavy atom. The van der Waals surface area contributed by atoms with Crippen molar-refractivity contribution in [2.24, 2.45) is 0 Å². The Hall–Kier alpha value is -3.10. The van der Waals surface area contributed by atoms with E-state index in [4.69, 9.17) is 0 Å². The highest BCUT2D eigenvalue weighted by Gasteiger charge is 2.23. The van der Waals surface area contributed by atoms with Crippen molar-refractivity contribution in [2.75, 3.05) is 18.0 Å². The number of hydrogen-bond acceptors (Lipinski definition) is 7. The van der Waals surface area contributed by atoms with E-state index in [9.17, 15) is 4.79 Å². The predicted octanol–water partition coefficient (Wildman–Crippen LogP) is 0.313. The third kappa shape index (κ3) is 2.87. The van der Waals surface area contributed by atoms with Gasteiger partial charge in [-0.2, -0.15) is 4.52 Å². The lowest BCUT2D eigenvalue weighted by molar-refractivity contribution is 0.0932. The molecule has 4 rings (SSSR count). The van der Waals surface area contributed by atoms with Gasteiger partial charge in [0.25, 0.3) is 5.91 Å². The van der Waals surface area contributed by atoms with E-state index in [1.807, 2.05) is 0 Å². The van der Waals surface area contributed by atoms with Gasteiger partial charge in [-0.15, -0.1) is 5.10 Å². The number of piperidine rings is 1. The van der Waals surface area contributed by atoms with E-state index >= 15 is 0 Å². The molecule has 0 saturated carbocycles. The number of aromatic nitrogens is 6. The number of carbonyl (C=O) groups is 1. The molecule has 0 spiro atoms. The summed E-state index contributed by atoms with van der Waals surface area (Å²) in [5, 5.41) is 14.3. The largest absolute Gasteiger partial charge is 0.353 e. The lowest BCUT2D eigenvalue weighted by Gasteiger charge is -2.33. The van der Waals surface area contributed by atoms with Gasteiger partial charge in [0.1, 0.15) is 5.82 Å². The number of amides is 1. The minimum absolute atomic E-state index is 0.0674. The molecule has 1 N–H and O–H groups in total. The molecule has 0 aliphatic carbocycles. The summed E-state index contributed by atoms with van der Waals surface area (Å²) in [6, 6.07) is 3.52. The fraction of sp³-hybridized carbons (Fsp3) is 0.333. The topological polar surface area (TPSA) is 101 Å². The number of nitrogens with zero attached hydrogens (tertiary/aromatic N) is 7. The molecule has 1 aliphatic heterocycles. The summed E-state index contributed by atoms with van der Waals surface area (Å²) in [6.07, 6.45) is 8.65. The third-order valence-corrected chi connectivity index (χ3v) is 4.08. The van der Waals surface area contributed by atoms with Crippen LogP contribution < -0.4 is 10.2 Å². The van der Waals surface area contributed by atoms with Crippen molar-refractivity contribution >= 4 is 17.4 Å². The summed E-state index contributed by atoms with van der Waals surface area (Å²) in [5.74, 6) is 0.713. The fourth-order valence-corrected chi connectivity index (χ4v) is 2.90. The second-order valence-electron chi connectivity index (χ2n) is 5.72. The predicted molar refractivity (Wildman–Crippen MR) is 85.5 cm³/mol. The second kappa shape index (κ2) is 6.19. The Morgan fingerprint density at radius 2 is 2.25 bits per heavy atom. The Morgan fingerprint density at radius 3 is 3.12 bits per heavy atom. The SMILES string of the molecule is O=C(N[C@@H]1CCCN(c2cnccn2)C1)c1ccc2nnnn2c1. The molecular formula is C15H16N8O. The van der Waals surface area contributed by atoms with Crippen LogP contribution >= 0.6 is 0 Å². The van der Waals surface area contributed by atoms with Gasteiger partial charge in [-0.1, -0.05) is 0 Å². The highest BCUT2D eigenvalue weighted by molar-refractivity contribution is 5.94. The highest BCUT2D eigenvalue weighted by atomic mass is 16.1. The van der Waals surface area contributed by atoms with Crippen molar-refractivity contribution in [1.29, 1.82) is 0 Å². The molecule has 0 aromatic carbocycles. The molecule has 9 heteroatoms. The molecular weight excluding hydrogens is 308 g/mol. The quantitative estimate of drug-likeness (QED) is 0.740. The third-order valence-electron chi connectivity index (χ3n) is 4.08. The van der Waals surface area contributed by atoms with Gasteiger partial charge >= 0.3 is 0 Å². The summed E-state index contributed by atoms with van der Waals surface area (Å²) in [5.41, 5.74) is 1.14. The van der Waals surface area contributed by atoms with Gasteiger partial charge in [-0.3, -0.25) is 9.78 Å². The van der Waals surface area contributed by atoms with Crippen molar-refractivity contribution in [3.8, 4) is 0 Å². The molecule has 24 heavy (non-hydrogen) atoms. The van der Waals surface area contributed by atoms with E-state index in [1.54, 1.807) is 36.9 Å². The van der Waals surface area contributed by atoms with E-state index in [0.29, 0.717) is 11.2 Å². The number of nitrogens with one attached hydrogen (secondary N) is 1. The van der Waals surface area contributed by atoms with Gasteiger partial charge in [0.05, 0.1) is 11.8 Å². The first kappa shape index (κ1) is 14.5. The van der Waals surface area contributed by atoms with Crippen LogP contribution in [0.1, 0.15) is 23.2 Å². The van der Waals surface area contributed by atoms with Gasteiger partial charge in [0.2, 0.25) is 0 Å². The first-order valence-electron chi connectivity index (χ1n) is 7.79. The Bertz CT molecular complexity index is 849. The maximum absolute atomic E-state index is 12.5. The minimum Gasteiger partial charge on any atom is -0.353 e. The summed E-state index contributed by atoms with van der Waals surface area (Å²) < 4.78 is 1.49. The van der Waals surface area contributed by atoms with Crippen LogP contribution in [-0.2, 0) is 0 Å². The van der Waals surface area contributed by atoms with Crippen LogP contribution in [0.4, 0.5) is 5.82 Å². The molecule has 4 heterocycles. The molecule has 1 amide bonds. The average molecular weight is 324 g/mol. The fourth-order valence-electron chi connectivity index (χ4n) is 2.90. The minimum atomic E-state index is -0.126. The number of anilines is 1. The molecule has 0 unspecified atom stereocenters. The van der Waals surface area contributed by atoms with Gasteiger partial charge in [0.15, 0.2) is 5.65 Å². The van der Waals surface area contributed by atoms with Crippen LogP contribution in [-0.4, -0.2) is 55.0 Å². The van der Waals surface area contributed by atoms with Crippen LogP contribution in [0.2, 0.25) is 0 Å². The molecule has 122 valence electrons. The normalized spacial score (nSPS) is 17.8. The summed E-state index contributed by atoms with van der Waals surface area (Å²) in [4.78, 5) is 23.1. The molecule has 1 fully saturated rings. The number of tetrazole rings is 1. The van der Waals surface area contributed by atoms with Crippen molar-refractivity contribution < 1.29 is 4.79 Å². The van der Waals surface area contributed by atoms with Crippen LogP contribution in [0.25, 0.3) is 5.65 Å². The first-order valence-corrected chi connectivity index (χ1v) is 7.79. The lowest BCUT2D eigenvalue weighted by atomic mass is 10.1. The maximum Gasteiger partial charge on any atom is 0.253 e. The van der Waals surface area contributed by atoms with Gasteiger partial charge < -0.3 is 10.2 Å². The smallest absolute Gasteiger partial charge is 0.253 e. The van der Waals surface area contributed by atoms with Crippen molar-refractivity contribution in [1.82, 2.24) is 35.3 Å². The molecule has 3 aromatic rings. The van der Waals surface area contributed by atoms with Gasteiger partial charge in [-0.05, 0) is 35.4 Å². The first-order chi connectivity index (χ1) is 11.8. The summed E-state index contributed by atoms with van der Waals surface area (Å²) in [7, 11) is 0. The Labute approximate surface area is 137 Å². The zero-order valence-electron chi connectivity index (χ0n) is 12.9. The molecule has 1 aliphatic rings. The molecule has 1 saturated heterocycles. The Kier molecular flexibility index (Phi) is 3.73. The van der Waals surface area contributed by atoms with E-state index in [-0.39, 0.29) is 11.9 Å². The van der Waals surface area contributed by atoms with E-state index in [2.05, 4.69) is 35.7 Å². The molecule has 9 nitrogen and oxygen atoms in total. The van der Waals surface area contributed by atoms with Crippen LogP contribution in [0, 0.1) is 0 Å².